The van der Waals surface area contributed by atoms with Crippen LogP contribution in [0.25, 0.3) is 0 Å². The van der Waals surface area contributed by atoms with Crippen molar-refractivity contribution in [3.05, 3.63) is 11.3 Å². The molecule has 15 heavy (non-hydrogen) atoms. The fraction of sp³-hybridized carbons (Fsp3) is 0.727. The van der Waals surface area contributed by atoms with Crippen molar-refractivity contribution in [1.82, 2.24) is 4.90 Å². The van der Waals surface area contributed by atoms with Crippen molar-refractivity contribution in [2.75, 3.05) is 27.8 Å². The van der Waals surface area contributed by atoms with Crippen molar-refractivity contribution in [2.24, 2.45) is 0 Å². The van der Waals surface area contributed by atoms with Crippen molar-refractivity contribution in [3.63, 3.8) is 0 Å². The van der Waals surface area contributed by atoms with Crippen molar-refractivity contribution in [3.8, 4) is 0 Å². The Morgan fingerprint density at radius 1 is 1.53 bits per heavy atom. The van der Waals surface area contributed by atoms with E-state index in [2.05, 4.69) is 0 Å². The van der Waals surface area contributed by atoms with Gasteiger partial charge in [0.25, 0.3) is 0 Å². The first kappa shape index (κ1) is 12.0. The maximum atomic E-state index is 11.6. The zero-order chi connectivity index (χ0) is 11.4. The van der Waals surface area contributed by atoms with Crippen molar-refractivity contribution in [1.29, 1.82) is 0 Å². The second-order valence-electron chi connectivity index (χ2n) is 3.85. The van der Waals surface area contributed by atoms with Crippen LogP contribution in [0.15, 0.2) is 11.3 Å². The lowest BCUT2D eigenvalue weighted by Crippen LogP contribution is -2.23. The largest absolute Gasteiger partial charge is 0.464 e. The zero-order valence-electron chi connectivity index (χ0n) is 9.87. The van der Waals surface area contributed by atoms with Crippen LogP contribution in [0.5, 0.6) is 0 Å². The smallest absolute Gasteiger partial charge is 0.354 e. The van der Waals surface area contributed by atoms with Gasteiger partial charge in [-0.3, -0.25) is 0 Å². The maximum Gasteiger partial charge on any atom is 0.354 e. The van der Waals surface area contributed by atoms with Gasteiger partial charge in [0.15, 0.2) is 0 Å². The van der Waals surface area contributed by atoms with E-state index >= 15 is 0 Å². The van der Waals surface area contributed by atoms with Crippen LogP contribution in [0.3, 0.4) is 0 Å². The summed E-state index contributed by atoms with van der Waals surface area (Å²) in [5, 5.41) is 0. The summed E-state index contributed by atoms with van der Waals surface area (Å²) in [7, 11) is 5.12. The molecule has 4 heteroatoms. The first-order valence-corrected chi connectivity index (χ1v) is 5.19. The van der Waals surface area contributed by atoms with Gasteiger partial charge in [-0.2, -0.15) is 0 Å². The molecule has 0 spiro atoms. The molecule has 4 nitrogen and oxygen atoms in total. The minimum atomic E-state index is -0.266. The van der Waals surface area contributed by atoms with Crippen LogP contribution in [0.1, 0.15) is 19.8 Å². The second kappa shape index (κ2) is 5.16. The molecule has 0 N–H and O–H groups in total. The van der Waals surface area contributed by atoms with Gasteiger partial charge in [-0.15, -0.1) is 0 Å². The van der Waals surface area contributed by atoms with Gasteiger partial charge < -0.3 is 14.4 Å². The molecule has 1 atom stereocenters. The number of esters is 1. The molecule has 1 rings (SSSR count). The second-order valence-corrected chi connectivity index (χ2v) is 3.85. The molecule has 0 aromatic carbocycles. The SMILES string of the molecule is CCC(CC1CO1)=C(C(=O)OC)N(C)C. The third kappa shape index (κ3) is 3.23. The topological polar surface area (TPSA) is 42.1 Å². The Bertz CT molecular complexity index is 267. The molecule has 1 unspecified atom stereocenters. The summed E-state index contributed by atoms with van der Waals surface area (Å²) < 4.78 is 9.96. The van der Waals surface area contributed by atoms with Crippen LogP contribution in [-0.4, -0.2) is 44.8 Å². The van der Waals surface area contributed by atoms with Gasteiger partial charge in [-0.1, -0.05) is 6.92 Å². The van der Waals surface area contributed by atoms with Gasteiger partial charge in [0, 0.05) is 14.1 Å². The molecule has 0 saturated carbocycles. The van der Waals surface area contributed by atoms with E-state index in [-0.39, 0.29) is 5.97 Å². The van der Waals surface area contributed by atoms with Crippen molar-refractivity contribution < 1.29 is 14.3 Å². The minimum Gasteiger partial charge on any atom is -0.464 e. The highest BCUT2D eigenvalue weighted by atomic mass is 16.6. The molecule has 1 aliphatic heterocycles. The van der Waals surface area contributed by atoms with Gasteiger partial charge in [-0.05, 0) is 18.4 Å². The predicted molar refractivity (Wildman–Crippen MR) is 57.4 cm³/mol. The third-order valence-corrected chi connectivity index (χ3v) is 2.46. The number of hydrogen-bond donors (Lipinski definition) is 0. The molecule has 1 aliphatic rings. The highest BCUT2D eigenvalue weighted by molar-refractivity contribution is 5.88. The predicted octanol–water partition coefficient (Wildman–Crippen LogP) is 1.17. The van der Waals surface area contributed by atoms with E-state index in [4.69, 9.17) is 9.47 Å². The normalized spacial score (nSPS) is 20.7. The third-order valence-electron chi connectivity index (χ3n) is 2.46. The molecule has 0 aromatic heterocycles. The molecular formula is C11H19NO3. The van der Waals surface area contributed by atoms with E-state index in [0.717, 1.165) is 25.0 Å². The fourth-order valence-electron chi connectivity index (χ4n) is 1.61. The number of methoxy groups -OCH3 is 1. The highest BCUT2D eigenvalue weighted by Gasteiger charge is 2.27. The van der Waals surface area contributed by atoms with Gasteiger partial charge in [0.1, 0.15) is 5.70 Å². The molecule has 0 aliphatic carbocycles. The maximum absolute atomic E-state index is 11.6. The molecule has 0 aromatic rings. The van der Waals surface area contributed by atoms with Crippen LogP contribution in [0, 0.1) is 0 Å². The molecule has 0 bridgehead atoms. The molecular weight excluding hydrogens is 194 g/mol. The molecule has 1 fully saturated rings. The Labute approximate surface area is 90.8 Å². The minimum absolute atomic E-state index is 0.266. The summed E-state index contributed by atoms with van der Waals surface area (Å²) in [6.45, 7) is 2.86. The lowest BCUT2D eigenvalue weighted by atomic mass is 10.0. The summed E-state index contributed by atoms with van der Waals surface area (Å²) in [6, 6.07) is 0. The number of ether oxygens (including phenoxy) is 2. The fourth-order valence-corrected chi connectivity index (χ4v) is 1.61. The molecule has 1 heterocycles. The van der Waals surface area contributed by atoms with Crippen LogP contribution in [-0.2, 0) is 14.3 Å². The first-order chi connectivity index (χ1) is 7.10. The Hall–Kier alpha value is -1.03. The Balaban J connectivity index is 2.86. The van der Waals surface area contributed by atoms with Gasteiger partial charge in [0.2, 0.25) is 0 Å². The average molecular weight is 213 g/mol. The number of carbonyl (C=O) groups is 1. The highest BCUT2D eigenvalue weighted by Crippen LogP contribution is 2.24. The number of carbonyl (C=O) groups excluding carboxylic acids is 1. The van der Waals surface area contributed by atoms with E-state index in [0.29, 0.717) is 11.8 Å². The monoisotopic (exact) mass is 213 g/mol. The summed E-state index contributed by atoms with van der Waals surface area (Å²) in [5.41, 5.74) is 1.77. The number of likely N-dealkylation sites (N-methyl/N-ethyl adjacent to an activating group) is 1. The number of epoxide rings is 1. The number of nitrogens with zero attached hydrogens (tertiary/aromatic N) is 1. The van der Waals surface area contributed by atoms with E-state index in [1.54, 1.807) is 0 Å². The van der Waals surface area contributed by atoms with Crippen molar-refractivity contribution >= 4 is 5.97 Å². The van der Waals surface area contributed by atoms with Crippen LogP contribution in [0.4, 0.5) is 0 Å². The molecule has 0 radical (unpaired) electrons. The van der Waals surface area contributed by atoms with Gasteiger partial charge in [0.05, 0.1) is 19.8 Å². The number of rotatable bonds is 5. The Morgan fingerprint density at radius 2 is 2.13 bits per heavy atom. The van der Waals surface area contributed by atoms with Crippen LogP contribution in [0.2, 0.25) is 0 Å². The lowest BCUT2D eigenvalue weighted by Gasteiger charge is -2.19. The van der Waals surface area contributed by atoms with E-state index in [1.165, 1.54) is 7.11 Å². The standard InChI is InChI=1S/C11H19NO3/c1-5-8(6-9-7-15-9)10(12(2)3)11(13)14-4/h9H,5-7H2,1-4H3. The van der Waals surface area contributed by atoms with Gasteiger partial charge in [-0.25, -0.2) is 4.79 Å². The zero-order valence-corrected chi connectivity index (χ0v) is 9.87. The summed E-state index contributed by atoms with van der Waals surface area (Å²) in [4.78, 5) is 13.4. The number of hydrogen-bond acceptors (Lipinski definition) is 4. The van der Waals surface area contributed by atoms with E-state index in [9.17, 15) is 4.79 Å². The van der Waals surface area contributed by atoms with E-state index in [1.807, 2.05) is 25.9 Å². The van der Waals surface area contributed by atoms with Crippen molar-refractivity contribution in [2.45, 2.75) is 25.9 Å². The summed E-state index contributed by atoms with van der Waals surface area (Å²) >= 11 is 0. The van der Waals surface area contributed by atoms with E-state index < -0.39 is 0 Å². The van der Waals surface area contributed by atoms with Crippen LogP contribution < -0.4 is 0 Å². The van der Waals surface area contributed by atoms with Gasteiger partial charge >= 0.3 is 5.97 Å². The van der Waals surface area contributed by atoms with Crippen LogP contribution >= 0.6 is 0 Å². The first-order valence-electron chi connectivity index (χ1n) is 5.19. The quantitative estimate of drug-likeness (QED) is 0.390. The Kier molecular flexibility index (Phi) is 4.15. The Morgan fingerprint density at radius 3 is 2.47 bits per heavy atom. The summed E-state index contributed by atoms with van der Waals surface area (Å²) in [5.74, 6) is -0.266. The average Bonchev–Trinajstić information content (AvgIpc) is 2.99. The molecule has 0 amide bonds. The molecule has 86 valence electrons. The summed E-state index contributed by atoms with van der Waals surface area (Å²) in [6.07, 6.45) is 1.99. The molecule has 1 saturated heterocycles. The lowest BCUT2D eigenvalue weighted by molar-refractivity contribution is -0.137.